The van der Waals surface area contributed by atoms with Gasteiger partial charge in [-0.1, -0.05) is 31.7 Å². The van der Waals surface area contributed by atoms with Crippen LogP contribution in [0.25, 0.3) is 6.08 Å². The monoisotopic (exact) mass is 375 g/mol. The van der Waals surface area contributed by atoms with Crippen molar-refractivity contribution >= 4 is 35.0 Å². The van der Waals surface area contributed by atoms with Gasteiger partial charge in [0, 0.05) is 0 Å². The number of thioether (sulfide) groups is 1. The van der Waals surface area contributed by atoms with Gasteiger partial charge in [-0.2, -0.15) is 0 Å². The van der Waals surface area contributed by atoms with Crippen LogP contribution in [-0.2, 0) is 14.3 Å². The molecule has 7 heteroatoms. The number of amides is 2. The number of ether oxygens (including phenoxy) is 2. The third kappa shape index (κ3) is 5.23. The van der Waals surface area contributed by atoms with Gasteiger partial charge in [0.25, 0.3) is 11.1 Å². The number of hydrogen-bond donors (Lipinski definition) is 0. The van der Waals surface area contributed by atoms with Gasteiger partial charge in [-0.15, -0.1) is 0 Å². The second kappa shape index (κ2) is 9.24. The first-order valence-electron chi connectivity index (χ1n) is 8.23. The molecule has 0 saturated carbocycles. The second-order valence-electron chi connectivity index (χ2n) is 5.65. The van der Waals surface area contributed by atoms with E-state index in [9.17, 15) is 14.4 Å². The van der Waals surface area contributed by atoms with E-state index < -0.39 is 17.1 Å². The number of imide groups is 1. The Balaban J connectivity index is 2.04. The highest BCUT2D eigenvalue weighted by atomic mass is 32.2. The molecule has 1 aliphatic heterocycles. The van der Waals surface area contributed by atoms with Crippen molar-refractivity contribution in [1.29, 1.82) is 0 Å². The Morgan fingerprint density at radius 2 is 2.00 bits per heavy atom. The average Bonchev–Trinajstić information content (AvgIpc) is 2.88. The Kier molecular flexibility index (Phi) is 7.03. The molecule has 1 fully saturated rings. The lowest BCUT2D eigenvalue weighted by Gasteiger charge is -2.14. The van der Waals surface area contributed by atoms with Crippen molar-refractivity contribution in [2.45, 2.75) is 26.4 Å². The quantitative estimate of drug-likeness (QED) is 0.392. The maximum absolute atomic E-state index is 12.4. The normalized spacial score (nSPS) is 16.7. The van der Waals surface area contributed by atoms with E-state index in [1.807, 2.05) is 6.92 Å². The van der Waals surface area contributed by atoms with Gasteiger partial charge >= 0.3 is 5.97 Å². The predicted molar refractivity (Wildman–Crippen MR) is 101 cm³/mol. The SMILES string of the molecule is C=CCOc1ccc(/C=C2/SC(=O)N(CC(=O)O[C@H](C)CC)C2=O)cc1. The third-order valence-corrected chi connectivity index (χ3v) is 4.52. The van der Waals surface area contributed by atoms with E-state index in [0.29, 0.717) is 18.8 Å². The molecule has 0 bridgehead atoms. The molecule has 2 amide bonds. The maximum atomic E-state index is 12.4. The zero-order valence-electron chi connectivity index (χ0n) is 14.8. The highest BCUT2D eigenvalue weighted by Crippen LogP contribution is 2.32. The number of benzene rings is 1. The molecule has 1 aromatic rings. The molecular formula is C19H21NO5S. The van der Waals surface area contributed by atoms with Crippen LogP contribution in [0, 0.1) is 0 Å². The summed E-state index contributed by atoms with van der Waals surface area (Å²) in [5.74, 6) is -0.400. The molecule has 1 aromatic carbocycles. The second-order valence-corrected chi connectivity index (χ2v) is 6.64. The van der Waals surface area contributed by atoms with Crippen LogP contribution in [0.1, 0.15) is 25.8 Å². The van der Waals surface area contributed by atoms with E-state index in [1.165, 1.54) is 0 Å². The van der Waals surface area contributed by atoms with Crippen LogP contribution in [0.2, 0.25) is 0 Å². The fourth-order valence-corrected chi connectivity index (χ4v) is 2.92. The molecule has 26 heavy (non-hydrogen) atoms. The minimum absolute atomic E-state index is 0.250. The summed E-state index contributed by atoms with van der Waals surface area (Å²) >= 11 is 0.808. The van der Waals surface area contributed by atoms with Crippen molar-refractivity contribution < 1.29 is 23.9 Å². The van der Waals surface area contributed by atoms with Gasteiger partial charge in [0.2, 0.25) is 0 Å². The van der Waals surface area contributed by atoms with Crippen LogP contribution in [-0.4, -0.2) is 41.3 Å². The molecule has 0 aliphatic carbocycles. The summed E-state index contributed by atoms with van der Waals surface area (Å²) in [6.45, 7) is 7.26. The summed E-state index contributed by atoms with van der Waals surface area (Å²) in [6, 6.07) is 7.10. The highest BCUT2D eigenvalue weighted by molar-refractivity contribution is 8.18. The largest absolute Gasteiger partial charge is 0.490 e. The van der Waals surface area contributed by atoms with Gasteiger partial charge in [0.15, 0.2) is 0 Å². The van der Waals surface area contributed by atoms with Crippen molar-refractivity contribution in [3.8, 4) is 5.75 Å². The molecule has 6 nitrogen and oxygen atoms in total. The van der Waals surface area contributed by atoms with Crippen molar-refractivity contribution in [2.75, 3.05) is 13.2 Å². The average molecular weight is 375 g/mol. The van der Waals surface area contributed by atoms with E-state index in [-0.39, 0.29) is 17.6 Å². The Labute approximate surface area is 156 Å². The lowest BCUT2D eigenvalue weighted by Crippen LogP contribution is -2.35. The first-order valence-corrected chi connectivity index (χ1v) is 9.04. The van der Waals surface area contributed by atoms with Gasteiger partial charge in [0.05, 0.1) is 11.0 Å². The van der Waals surface area contributed by atoms with E-state index >= 15 is 0 Å². The molecule has 0 N–H and O–H groups in total. The minimum atomic E-state index is -0.591. The summed E-state index contributed by atoms with van der Waals surface area (Å²) < 4.78 is 10.5. The standard InChI is InChI=1S/C19H21NO5S/c1-4-10-24-15-8-6-14(7-9-15)11-16-18(22)20(19(23)26-16)12-17(21)25-13(3)5-2/h4,6-9,11,13H,1,5,10,12H2,2-3H3/b16-11+/t13-/m1/s1. The van der Waals surface area contributed by atoms with Crippen LogP contribution in [0.4, 0.5) is 4.79 Å². The highest BCUT2D eigenvalue weighted by Gasteiger charge is 2.36. The van der Waals surface area contributed by atoms with E-state index in [0.717, 1.165) is 22.2 Å². The fourth-order valence-electron chi connectivity index (χ4n) is 2.08. The summed E-state index contributed by atoms with van der Waals surface area (Å²) in [4.78, 5) is 37.4. The minimum Gasteiger partial charge on any atom is -0.490 e. The maximum Gasteiger partial charge on any atom is 0.326 e. The first-order chi connectivity index (χ1) is 12.4. The van der Waals surface area contributed by atoms with Gasteiger partial charge < -0.3 is 9.47 Å². The Morgan fingerprint density at radius 3 is 2.62 bits per heavy atom. The first kappa shape index (κ1) is 19.8. The predicted octanol–water partition coefficient (Wildman–Crippen LogP) is 3.63. The molecule has 1 heterocycles. The van der Waals surface area contributed by atoms with Gasteiger partial charge in [0.1, 0.15) is 18.9 Å². The third-order valence-electron chi connectivity index (χ3n) is 3.61. The molecule has 0 aromatic heterocycles. The molecule has 1 atom stereocenters. The molecule has 2 rings (SSSR count). The van der Waals surface area contributed by atoms with Crippen molar-refractivity contribution in [1.82, 2.24) is 4.90 Å². The number of nitrogens with zero attached hydrogens (tertiary/aromatic N) is 1. The molecular weight excluding hydrogens is 354 g/mol. The van der Waals surface area contributed by atoms with Crippen molar-refractivity contribution in [3.05, 3.63) is 47.4 Å². The number of carbonyl (C=O) groups excluding carboxylic acids is 3. The van der Waals surface area contributed by atoms with Crippen LogP contribution in [0.15, 0.2) is 41.8 Å². The lowest BCUT2D eigenvalue weighted by molar-refractivity contribution is -0.150. The lowest BCUT2D eigenvalue weighted by atomic mass is 10.2. The Bertz CT molecular complexity index is 726. The molecule has 138 valence electrons. The topological polar surface area (TPSA) is 72.9 Å². The summed E-state index contributed by atoms with van der Waals surface area (Å²) in [5.41, 5.74) is 0.753. The zero-order valence-corrected chi connectivity index (χ0v) is 15.6. The van der Waals surface area contributed by atoms with Crippen LogP contribution in [0.3, 0.4) is 0 Å². The molecule has 1 aliphatic rings. The van der Waals surface area contributed by atoms with E-state index in [2.05, 4.69) is 6.58 Å². The molecule has 0 radical (unpaired) electrons. The van der Waals surface area contributed by atoms with Gasteiger partial charge in [-0.25, -0.2) is 0 Å². The van der Waals surface area contributed by atoms with E-state index in [1.54, 1.807) is 43.3 Å². The van der Waals surface area contributed by atoms with Gasteiger partial charge in [-0.3, -0.25) is 19.3 Å². The molecule has 0 spiro atoms. The van der Waals surface area contributed by atoms with Crippen LogP contribution < -0.4 is 4.74 Å². The number of esters is 1. The smallest absolute Gasteiger partial charge is 0.326 e. The number of carbonyl (C=O) groups is 3. The summed E-state index contributed by atoms with van der Waals surface area (Å²) in [7, 11) is 0. The number of rotatable bonds is 8. The Hall–Kier alpha value is -2.54. The van der Waals surface area contributed by atoms with Gasteiger partial charge in [-0.05, 0) is 48.9 Å². The number of hydrogen-bond acceptors (Lipinski definition) is 6. The summed E-state index contributed by atoms with van der Waals surface area (Å²) in [5, 5.41) is -0.478. The molecule has 1 saturated heterocycles. The molecule has 0 unspecified atom stereocenters. The Morgan fingerprint density at radius 1 is 1.31 bits per heavy atom. The fraction of sp³-hybridized carbons (Fsp3) is 0.316. The van der Waals surface area contributed by atoms with Crippen molar-refractivity contribution in [3.63, 3.8) is 0 Å². The summed E-state index contributed by atoms with van der Waals surface area (Å²) in [6.07, 6.45) is 3.68. The van der Waals surface area contributed by atoms with E-state index in [4.69, 9.17) is 9.47 Å². The van der Waals surface area contributed by atoms with Crippen LogP contribution >= 0.6 is 11.8 Å². The van der Waals surface area contributed by atoms with Crippen LogP contribution in [0.5, 0.6) is 5.75 Å². The zero-order chi connectivity index (χ0) is 19.1. The van der Waals surface area contributed by atoms with Crippen molar-refractivity contribution in [2.24, 2.45) is 0 Å².